The summed E-state index contributed by atoms with van der Waals surface area (Å²) in [6.45, 7) is 5.58. The Morgan fingerprint density at radius 3 is 1.86 bits per heavy atom. The summed E-state index contributed by atoms with van der Waals surface area (Å²) in [7, 11) is 0. The van der Waals surface area contributed by atoms with Crippen LogP contribution in [-0.2, 0) is 9.59 Å². The van der Waals surface area contributed by atoms with Crippen molar-refractivity contribution in [3.8, 4) is 0 Å². The zero-order chi connectivity index (χ0) is 19.9. The first-order valence-electron chi connectivity index (χ1n) is 10.2. The van der Waals surface area contributed by atoms with Crippen molar-refractivity contribution in [2.45, 2.75) is 45.1 Å². The van der Waals surface area contributed by atoms with Crippen molar-refractivity contribution in [1.82, 2.24) is 10.2 Å². The Kier molecular flexibility index (Phi) is 6.85. The molecule has 1 aliphatic heterocycles. The van der Waals surface area contributed by atoms with Gasteiger partial charge in [-0.1, -0.05) is 74.5 Å². The molecule has 2 aromatic carbocycles. The van der Waals surface area contributed by atoms with E-state index < -0.39 is 6.04 Å². The highest BCUT2D eigenvalue weighted by atomic mass is 16.2. The monoisotopic (exact) mass is 378 g/mol. The van der Waals surface area contributed by atoms with E-state index in [1.807, 2.05) is 55.1 Å². The van der Waals surface area contributed by atoms with Crippen LogP contribution in [0.25, 0.3) is 0 Å². The molecule has 0 unspecified atom stereocenters. The zero-order valence-electron chi connectivity index (χ0n) is 16.8. The largest absolute Gasteiger partial charge is 0.344 e. The first-order chi connectivity index (χ1) is 13.6. The van der Waals surface area contributed by atoms with Gasteiger partial charge in [0.15, 0.2) is 0 Å². The molecule has 0 saturated carbocycles. The van der Waals surface area contributed by atoms with E-state index in [0.29, 0.717) is 6.42 Å². The predicted molar refractivity (Wildman–Crippen MR) is 112 cm³/mol. The second-order valence-electron chi connectivity index (χ2n) is 7.90. The van der Waals surface area contributed by atoms with Crippen LogP contribution in [0.2, 0.25) is 0 Å². The number of amides is 2. The number of hydrogen-bond acceptors (Lipinski definition) is 2. The van der Waals surface area contributed by atoms with Gasteiger partial charge in [0, 0.05) is 25.4 Å². The quantitative estimate of drug-likeness (QED) is 0.792. The molecule has 0 spiro atoms. The van der Waals surface area contributed by atoms with Crippen LogP contribution in [0.5, 0.6) is 0 Å². The van der Waals surface area contributed by atoms with Crippen LogP contribution in [0.4, 0.5) is 0 Å². The summed E-state index contributed by atoms with van der Waals surface area (Å²) in [5.41, 5.74) is 2.21. The molecule has 2 amide bonds. The number of likely N-dealkylation sites (tertiary alicyclic amines) is 1. The molecule has 148 valence electrons. The molecule has 4 heteroatoms. The number of carbonyl (C=O) groups excluding carboxylic acids is 2. The summed E-state index contributed by atoms with van der Waals surface area (Å²) in [6.07, 6.45) is 2.42. The summed E-state index contributed by atoms with van der Waals surface area (Å²) >= 11 is 0. The average molecular weight is 379 g/mol. The van der Waals surface area contributed by atoms with E-state index in [-0.39, 0.29) is 23.7 Å². The third-order valence-electron chi connectivity index (χ3n) is 5.46. The predicted octanol–water partition coefficient (Wildman–Crippen LogP) is 3.97. The van der Waals surface area contributed by atoms with Crippen molar-refractivity contribution in [2.24, 2.45) is 5.92 Å². The van der Waals surface area contributed by atoms with Crippen molar-refractivity contribution in [2.75, 3.05) is 13.1 Å². The van der Waals surface area contributed by atoms with E-state index in [1.54, 1.807) is 0 Å². The van der Waals surface area contributed by atoms with Crippen molar-refractivity contribution in [1.29, 1.82) is 0 Å². The van der Waals surface area contributed by atoms with Crippen molar-refractivity contribution < 1.29 is 9.59 Å². The second kappa shape index (κ2) is 9.54. The topological polar surface area (TPSA) is 49.4 Å². The molecule has 1 fully saturated rings. The van der Waals surface area contributed by atoms with Crippen molar-refractivity contribution in [3.05, 3.63) is 71.8 Å². The second-order valence-corrected chi connectivity index (χ2v) is 7.90. The van der Waals surface area contributed by atoms with Crippen LogP contribution in [0.15, 0.2) is 60.7 Å². The Bertz CT molecular complexity index is 728. The standard InChI is InChI=1S/C24H30N2O2/c1-18(2)23(24(28)26-15-9-10-16-26)25-22(27)17-21(19-11-5-3-6-12-19)20-13-7-4-8-14-20/h3-8,11-14,18,21,23H,9-10,15-17H2,1-2H3,(H,25,27)/t23-/m0/s1. The number of nitrogens with one attached hydrogen (secondary N) is 1. The molecule has 1 aliphatic rings. The molecule has 0 radical (unpaired) electrons. The summed E-state index contributed by atoms with van der Waals surface area (Å²) < 4.78 is 0. The fourth-order valence-corrected chi connectivity index (χ4v) is 3.86. The summed E-state index contributed by atoms with van der Waals surface area (Å²) in [6, 6.07) is 19.7. The Hall–Kier alpha value is -2.62. The lowest BCUT2D eigenvalue weighted by atomic mass is 9.88. The van der Waals surface area contributed by atoms with Crippen molar-refractivity contribution in [3.63, 3.8) is 0 Å². The molecule has 2 aromatic rings. The number of benzene rings is 2. The maximum atomic E-state index is 13.0. The van der Waals surface area contributed by atoms with E-state index in [2.05, 4.69) is 29.6 Å². The highest BCUT2D eigenvalue weighted by molar-refractivity contribution is 5.88. The van der Waals surface area contributed by atoms with Gasteiger partial charge >= 0.3 is 0 Å². The van der Waals surface area contributed by atoms with Gasteiger partial charge in [0.05, 0.1) is 0 Å². The van der Waals surface area contributed by atoms with Gasteiger partial charge in [-0.05, 0) is 29.9 Å². The molecule has 3 rings (SSSR count). The Morgan fingerprint density at radius 1 is 0.893 bits per heavy atom. The van der Waals surface area contributed by atoms with Gasteiger partial charge < -0.3 is 10.2 Å². The number of rotatable bonds is 7. The molecule has 0 aliphatic carbocycles. The minimum absolute atomic E-state index is 0.0305. The highest BCUT2D eigenvalue weighted by Gasteiger charge is 2.30. The molecule has 1 atom stereocenters. The highest BCUT2D eigenvalue weighted by Crippen LogP contribution is 2.28. The molecule has 1 heterocycles. The summed E-state index contributed by atoms with van der Waals surface area (Å²) in [5.74, 6) is 0.00169. The van der Waals surface area contributed by atoms with Crippen LogP contribution in [0.3, 0.4) is 0 Å². The smallest absolute Gasteiger partial charge is 0.245 e. The van der Waals surface area contributed by atoms with Gasteiger partial charge in [-0.3, -0.25) is 9.59 Å². The number of hydrogen-bond donors (Lipinski definition) is 1. The molecule has 1 saturated heterocycles. The fraction of sp³-hybridized carbons (Fsp3) is 0.417. The first kappa shape index (κ1) is 20.1. The van der Waals surface area contributed by atoms with E-state index in [0.717, 1.165) is 37.1 Å². The van der Waals surface area contributed by atoms with Gasteiger partial charge in [-0.25, -0.2) is 0 Å². The molecule has 1 N–H and O–H groups in total. The molecular formula is C24H30N2O2. The minimum atomic E-state index is -0.460. The lowest BCUT2D eigenvalue weighted by Gasteiger charge is -2.27. The Morgan fingerprint density at radius 2 is 1.39 bits per heavy atom. The van der Waals surface area contributed by atoms with Crippen LogP contribution >= 0.6 is 0 Å². The van der Waals surface area contributed by atoms with Gasteiger partial charge in [0.2, 0.25) is 11.8 Å². The van der Waals surface area contributed by atoms with Crippen LogP contribution in [-0.4, -0.2) is 35.8 Å². The molecular weight excluding hydrogens is 348 g/mol. The average Bonchev–Trinajstić information content (AvgIpc) is 3.26. The molecule has 28 heavy (non-hydrogen) atoms. The third-order valence-corrected chi connectivity index (χ3v) is 5.46. The van der Waals surface area contributed by atoms with E-state index in [9.17, 15) is 9.59 Å². The lowest BCUT2D eigenvalue weighted by Crippen LogP contribution is -2.50. The van der Waals surface area contributed by atoms with Crippen LogP contribution in [0.1, 0.15) is 50.2 Å². The van der Waals surface area contributed by atoms with Gasteiger partial charge in [0.25, 0.3) is 0 Å². The molecule has 0 aromatic heterocycles. The Labute approximate surface area is 167 Å². The van der Waals surface area contributed by atoms with Gasteiger partial charge in [-0.2, -0.15) is 0 Å². The number of nitrogens with zero attached hydrogens (tertiary/aromatic N) is 1. The normalized spacial score (nSPS) is 15.1. The summed E-state index contributed by atoms with van der Waals surface area (Å²) in [5, 5.41) is 3.03. The van der Waals surface area contributed by atoms with Crippen LogP contribution in [0, 0.1) is 5.92 Å². The maximum Gasteiger partial charge on any atom is 0.245 e. The summed E-state index contributed by atoms with van der Waals surface area (Å²) in [4.78, 5) is 27.7. The first-order valence-corrected chi connectivity index (χ1v) is 10.2. The lowest BCUT2D eigenvalue weighted by molar-refractivity contribution is -0.136. The fourth-order valence-electron chi connectivity index (χ4n) is 3.86. The van der Waals surface area contributed by atoms with E-state index in [4.69, 9.17) is 0 Å². The number of carbonyl (C=O) groups is 2. The van der Waals surface area contributed by atoms with Gasteiger partial charge in [0.1, 0.15) is 6.04 Å². The Balaban J connectivity index is 1.74. The van der Waals surface area contributed by atoms with Crippen molar-refractivity contribution >= 4 is 11.8 Å². The van der Waals surface area contributed by atoms with E-state index in [1.165, 1.54) is 0 Å². The maximum absolute atomic E-state index is 13.0. The minimum Gasteiger partial charge on any atom is -0.344 e. The van der Waals surface area contributed by atoms with E-state index >= 15 is 0 Å². The molecule has 4 nitrogen and oxygen atoms in total. The third kappa shape index (κ3) is 5.00. The van der Waals surface area contributed by atoms with Crippen LogP contribution < -0.4 is 5.32 Å². The van der Waals surface area contributed by atoms with Gasteiger partial charge in [-0.15, -0.1) is 0 Å². The molecule has 0 bridgehead atoms. The zero-order valence-corrected chi connectivity index (χ0v) is 16.8. The SMILES string of the molecule is CC(C)[C@H](NC(=O)CC(c1ccccc1)c1ccccc1)C(=O)N1CCCC1.